The first-order chi connectivity index (χ1) is 10.1. The van der Waals surface area contributed by atoms with E-state index in [1.54, 1.807) is 19.2 Å². The van der Waals surface area contributed by atoms with Crippen LogP contribution in [0, 0.1) is 5.82 Å². The Bertz CT molecular complexity index is 655. The maximum Gasteiger partial charge on any atom is 0.123 e. The standard InChI is InChI=1S/C17H17ClFNO/c1-21-16-6-5-14(18)7-12(16)9-17(10-20-11-17)13-3-2-4-15(19)8-13/h2-8,20H,9-11H2,1H3. The Morgan fingerprint density at radius 2 is 2.05 bits per heavy atom. The molecule has 0 spiro atoms. The molecule has 0 aliphatic carbocycles. The predicted molar refractivity (Wildman–Crippen MR) is 82.7 cm³/mol. The second-order valence-corrected chi connectivity index (χ2v) is 5.96. The minimum atomic E-state index is -0.197. The maximum absolute atomic E-state index is 13.5. The zero-order chi connectivity index (χ0) is 14.9. The summed E-state index contributed by atoms with van der Waals surface area (Å²) in [6, 6.07) is 12.5. The zero-order valence-electron chi connectivity index (χ0n) is 11.8. The van der Waals surface area contributed by atoms with E-state index >= 15 is 0 Å². The van der Waals surface area contributed by atoms with Crippen molar-refractivity contribution in [3.8, 4) is 5.75 Å². The summed E-state index contributed by atoms with van der Waals surface area (Å²) in [5, 5.41) is 3.98. The molecule has 0 atom stereocenters. The molecule has 2 aromatic rings. The molecule has 0 aromatic heterocycles. The van der Waals surface area contributed by atoms with Gasteiger partial charge in [-0.1, -0.05) is 23.7 Å². The Balaban J connectivity index is 1.96. The number of halogens is 2. The lowest BCUT2D eigenvalue weighted by molar-refractivity contribution is 0.270. The van der Waals surface area contributed by atoms with Crippen LogP contribution in [-0.4, -0.2) is 20.2 Å². The predicted octanol–water partition coefficient (Wildman–Crippen LogP) is 3.57. The molecule has 3 rings (SSSR count). The zero-order valence-corrected chi connectivity index (χ0v) is 12.6. The number of rotatable bonds is 4. The summed E-state index contributed by atoms with van der Waals surface area (Å²) >= 11 is 6.10. The van der Waals surface area contributed by atoms with Gasteiger partial charge in [-0.25, -0.2) is 4.39 Å². The van der Waals surface area contributed by atoms with Gasteiger partial charge in [-0.2, -0.15) is 0 Å². The molecule has 1 N–H and O–H groups in total. The highest BCUT2D eigenvalue weighted by atomic mass is 35.5. The third-order valence-corrected chi connectivity index (χ3v) is 4.37. The summed E-state index contributed by atoms with van der Waals surface area (Å²) in [4.78, 5) is 0. The van der Waals surface area contributed by atoms with Crippen LogP contribution in [0.5, 0.6) is 5.75 Å². The van der Waals surface area contributed by atoms with Crippen LogP contribution in [0.1, 0.15) is 11.1 Å². The fourth-order valence-electron chi connectivity index (χ4n) is 2.93. The Kier molecular flexibility index (Phi) is 3.87. The Morgan fingerprint density at radius 1 is 1.24 bits per heavy atom. The molecule has 4 heteroatoms. The maximum atomic E-state index is 13.5. The summed E-state index contributed by atoms with van der Waals surface area (Å²) in [5.41, 5.74) is 1.97. The Hall–Kier alpha value is -1.58. The third kappa shape index (κ3) is 2.76. The SMILES string of the molecule is COc1ccc(Cl)cc1CC1(c2cccc(F)c2)CNC1. The molecule has 0 amide bonds. The van der Waals surface area contributed by atoms with E-state index < -0.39 is 0 Å². The van der Waals surface area contributed by atoms with Crippen LogP contribution in [0.25, 0.3) is 0 Å². The quantitative estimate of drug-likeness (QED) is 0.932. The van der Waals surface area contributed by atoms with E-state index in [0.717, 1.165) is 36.4 Å². The molecule has 0 bridgehead atoms. The molecular formula is C17H17ClFNO. The average molecular weight is 306 g/mol. The number of benzene rings is 2. The van der Waals surface area contributed by atoms with Crippen molar-refractivity contribution in [2.45, 2.75) is 11.8 Å². The van der Waals surface area contributed by atoms with Gasteiger partial charge in [-0.15, -0.1) is 0 Å². The first kappa shape index (κ1) is 14.4. The summed E-state index contributed by atoms with van der Waals surface area (Å²) in [7, 11) is 1.65. The minimum absolute atomic E-state index is 0.0972. The van der Waals surface area contributed by atoms with Gasteiger partial charge in [0.2, 0.25) is 0 Å². The van der Waals surface area contributed by atoms with E-state index in [0.29, 0.717) is 5.02 Å². The highest BCUT2D eigenvalue weighted by Gasteiger charge is 2.39. The molecule has 2 nitrogen and oxygen atoms in total. The van der Waals surface area contributed by atoms with E-state index in [-0.39, 0.29) is 11.2 Å². The first-order valence-corrected chi connectivity index (χ1v) is 7.30. The van der Waals surface area contributed by atoms with Gasteiger partial charge in [0.05, 0.1) is 7.11 Å². The molecule has 1 aliphatic heterocycles. The third-order valence-electron chi connectivity index (χ3n) is 4.14. The van der Waals surface area contributed by atoms with Gasteiger partial charge in [0.1, 0.15) is 11.6 Å². The normalized spacial score (nSPS) is 16.3. The molecular weight excluding hydrogens is 289 g/mol. The molecule has 1 saturated heterocycles. The molecule has 1 aliphatic rings. The van der Waals surface area contributed by atoms with Gasteiger partial charge < -0.3 is 10.1 Å². The molecule has 1 fully saturated rings. The van der Waals surface area contributed by atoms with Crippen LogP contribution in [0.3, 0.4) is 0 Å². The van der Waals surface area contributed by atoms with Crippen molar-refractivity contribution < 1.29 is 9.13 Å². The Labute approximate surface area is 128 Å². The van der Waals surface area contributed by atoms with Gasteiger partial charge in [0.25, 0.3) is 0 Å². The van der Waals surface area contributed by atoms with E-state index in [1.165, 1.54) is 6.07 Å². The number of nitrogens with one attached hydrogen (secondary N) is 1. The summed E-state index contributed by atoms with van der Waals surface area (Å²) in [6.07, 6.45) is 0.771. The van der Waals surface area contributed by atoms with Crippen molar-refractivity contribution in [1.29, 1.82) is 0 Å². The minimum Gasteiger partial charge on any atom is -0.496 e. The highest BCUT2D eigenvalue weighted by molar-refractivity contribution is 6.30. The lowest BCUT2D eigenvalue weighted by atomic mass is 9.71. The second-order valence-electron chi connectivity index (χ2n) is 5.53. The lowest BCUT2D eigenvalue weighted by Crippen LogP contribution is -2.58. The molecule has 0 unspecified atom stereocenters. The van der Waals surface area contributed by atoms with Crippen LogP contribution in [0.4, 0.5) is 4.39 Å². The van der Waals surface area contributed by atoms with Gasteiger partial charge in [0, 0.05) is 23.5 Å². The van der Waals surface area contributed by atoms with Crippen molar-refractivity contribution in [1.82, 2.24) is 5.32 Å². The number of hydrogen-bond acceptors (Lipinski definition) is 2. The molecule has 110 valence electrons. The largest absolute Gasteiger partial charge is 0.496 e. The molecule has 21 heavy (non-hydrogen) atoms. The number of hydrogen-bond donors (Lipinski definition) is 1. The molecule has 1 heterocycles. The van der Waals surface area contributed by atoms with Crippen molar-refractivity contribution in [3.63, 3.8) is 0 Å². The smallest absolute Gasteiger partial charge is 0.123 e. The number of ether oxygens (including phenoxy) is 1. The van der Waals surface area contributed by atoms with Crippen LogP contribution in [0.2, 0.25) is 5.02 Å². The fraction of sp³-hybridized carbons (Fsp3) is 0.294. The monoisotopic (exact) mass is 305 g/mol. The average Bonchev–Trinajstić information content (AvgIpc) is 2.43. The van der Waals surface area contributed by atoms with E-state index in [9.17, 15) is 4.39 Å². The van der Waals surface area contributed by atoms with Crippen molar-refractivity contribution in [3.05, 3.63) is 64.4 Å². The first-order valence-electron chi connectivity index (χ1n) is 6.92. The fourth-order valence-corrected chi connectivity index (χ4v) is 3.12. The lowest BCUT2D eigenvalue weighted by Gasteiger charge is -2.43. The van der Waals surface area contributed by atoms with Gasteiger partial charge in [-0.3, -0.25) is 0 Å². The van der Waals surface area contributed by atoms with Crippen molar-refractivity contribution in [2.75, 3.05) is 20.2 Å². The number of methoxy groups -OCH3 is 1. The van der Waals surface area contributed by atoms with E-state index in [2.05, 4.69) is 5.32 Å². The van der Waals surface area contributed by atoms with Gasteiger partial charge in [-0.05, 0) is 47.9 Å². The van der Waals surface area contributed by atoms with Crippen LogP contribution < -0.4 is 10.1 Å². The van der Waals surface area contributed by atoms with Crippen molar-refractivity contribution in [2.24, 2.45) is 0 Å². The highest BCUT2D eigenvalue weighted by Crippen LogP contribution is 2.36. The topological polar surface area (TPSA) is 21.3 Å². The van der Waals surface area contributed by atoms with E-state index in [1.807, 2.05) is 24.3 Å². The summed E-state index contributed by atoms with van der Waals surface area (Å²) in [5.74, 6) is 0.624. The summed E-state index contributed by atoms with van der Waals surface area (Å²) < 4.78 is 19.0. The molecule has 0 radical (unpaired) electrons. The Morgan fingerprint density at radius 3 is 2.67 bits per heavy atom. The second kappa shape index (κ2) is 5.66. The van der Waals surface area contributed by atoms with Crippen molar-refractivity contribution >= 4 is 11.6 Å². The summed E-state index contributed by atoms with van der Waals surface area (Å²) in [6.45, 7) is 1.65. The molecule has 2 aromatic carbocycles. The van der Waals surface area contributed by atoms with Crippen LogP contribution in [-0.2, 0) is 11.8 Å². The van der Waals surface area contributed by atoms with E-state index in [4.69, 9.17) is 16.3 Å². The van der Waals surface area contributed by atoms with Crippen LogP contribution >= 0.6 is 11.6 Å². The van der Waals surface area contributed by atoms with Gasteiger partial charge in [0.15, 0.2) is 0 Å². The van der Waals surface area contributed by atoms with Crippen LogP contribution in [0.15, 0.2) is 42.5 Å². The van der Waals surface area contributed by atoms with Gasteiger partial charge >= 0.3 is 0 Å². The molecule has 0 saturated carbocycles.